The van der Waals surface area contributed by atoms with Gasteiger partial charge in [0.2, 0.25) is 0 Å². The number of imide groups is 1. The van der Waals surface area contributed by atoms with Crippen LogP contribution in [0.2, 0.25) is 0 Å². The normalized spacial score (nSPS) is 16.1. The van der Waals surface area contributed by atoms with E-state index in [1.54, 1.807) is 6.08 Å². The summed E-state index contributed by atoms with van der Waals surface area (Å²) in [5.74, 6) is 4.58. The van der Waals surface area contributed by atoms with Crippen LogP contribution in [-0.4, -0.2) is 27.2 Å². The van der Waals surface area contributed by atoms with Crippen molar-refractivity contribution in [2.24, 2.45) is 0 Å². The maximum atomic E-state index is 12.3. The van der Waals surface area contributed by atoms with Crippen molar-refractivity contribution in [2.75, 3.05) is 6.54 Å². The van der Waals surface area contributed by atoms with Gasteiger partial charge in [0.15, 0.2) is 0 Å². The van der Waals surface area contributed by atoms with Crippen LogP contribution >= 0.6 is 11.8 Å². The van der Waals surface area contributed by atoms with Crippen LogP contribution in [0.3, 0.4) is 0 Å². The average Bonchev–Trinajstić information content (AvgIpc) is 3.02. The van der Waals surface area contributed by atoms with E-state index >= 15 is 0 Å². The zero-order valence-electron chi connectivity index (χ0n) is 12.2. The van der Waals surface area contributed by atoms with Gasteiger partial charge < -0.3 is 4.57 Å². The van der Waals surface area contributed by atoms with Gasteiger partial charge in [-0.1, -0.05) is 30.0 Å². The fraction of sp³-hybridized carbons (Fsp3) is 0.111. The molecule has 1 aromatic heterocycles. The predicted molar refractivity (Wildman–Crippen MR) is 92.3 cm³/mol. The van der Waals surface area contributed by atoms with Gasteiger partial charge in [0.1, 0.15) is 0 Å². The number of rotatable bonds is 3. The van der Waals surface area contributed by atoms with Gasteiger partial charge in [0, 0.05) is 22.7 Å². The Balaban J connectivity index is 2.05. The molecule has 0 atom stereocenters. The van der Waals surface area contributed by atoms with Gasteiger partial charge in [0.25, 0.3) is 11.1 Å². The summed E-state index contributed by atoms with van der Waals surface area (Å²) in [6.07, 6.45) is 14.2. The number of terminal acetylenes is 2. The van der Waals surface area contributed by atoms with E-state index in [1.165, 1.54) is 0 Å². The van der Waals surface area contributed by atoms with Gasteiger partial charge >= 0.3 is 0 Å². The van der Waals surface area contributed by atoms with Crippen molar-refractivity contribution in [2.45, 2.75) is 6.54 Å². The van der Waals surface area contributed by atoms with Crippen molar-refractivity contribution < 1.29 is 9.59 Å². The van der Waals surface area contributed by atoms with E-state index < -0.39 is 0 Å². The zero-order valence-corrected chi connectivity index (χ0v) is 13.0. The molecule has 1 aliphatic heterocycles. The number of fused-ring (bicyclic) bond motifs is 1. The summed E-state index contributed by atoms with van der Waals surface area (Å²) in [6, 6.07) is 7.78. The van der Waals surface area contributed by atoms with E-state index in [1.807, 2.05) is 35.0 Å². The lowest BCUT2D eigenvalue weighted by atomic mass is 10.1. The number of carbonyl (C=O) groups is 2. The van der Waals surface area contributed by atoms with E-state index in [-0.39, 0.29) is 17.7 Å². The fourth-order valence-electron chi connectivity index (χ4n) is 2.49. The molecular weight excluding hydrogens is 308 g/mol. The predicted octanol–water partition coefficient (Wildman–Crippen LogP) is 2.94. The molecule has 1 aliphatic rings. The molecule has 3 rings (SSSR count). The number of para-hydroxylation sites is 1. The van der Waals surface area contributed by atoms with Crippen LogP contribution in [0.15, 0.2) is 35.4 Å². The van der Waals surface area contributed by atoms with Gasteiger partial charge in [0.05, 0.1) is 18.0 Å². The van der Waals surface area contributed by atoms with E-state index in [0.29, 0.717) is 11.4 Å². The highest BCUT2D eigenvalue weighted by molar-refractivity contribution is 8.18. The molecule has 0 bridgehead atoms. The van der Waals surface area contributed by atoms with Crippen molar-refractivity contribution in [3.8, 4) is 24.7 Å². The first-order valence-corrected chi connectivity index (χ1v) is 7.67. The topological polar surface area (TPSA) is 42.3 Å². The Morgan fingerprint density at radius 1 is 1.13 bits per heavy atom. The van der Waals surface area contributed by atoms with Gasteiger partial charge in [-0.2, -0.15) is 0 Å². The van der Waals surface area contributed by atoms with Gasteiger partial charge in [-0.25, -0.2) is 0 Å². The van der Waals surface area contributed by atoms with Crippen LogP contribution in [-0.2, 0) is 11.3 Å². The summed E-state index contributed by atoms with van der Waals surface area (Å²) in [5.41, 5.74) is 1.83. The first kappa shape index (κ1) is 15.0. The Kier molecular flexibility index (Phi) is 3.97. The van der Waals surface area contributed by atoms with Crippen molar-refractivity contribution >= 4 is 39.9 Å². The molecule has 112 valence electrons. The second kappa shape index (κ2) is 6.08. The van der Waals surface area contributed by atoms with Crippen LogP contribution < -0.4 is 0 Å². The first-order valence-electron chi connectivity index (χ1n) is 6.86. The number of nitrogens with zero attached hydrogens (tertiary/aromatic N) is 2. The molecule has 1 saturated heterocycles. The van der Waals surface area contributed by atoms with Gasteiger partial charge in [-0.15, -0.1) is 12.8 Å². The van der Waals surface area contributed by atoms with Gasteiger partial charge in [-0.3, -0.25) is 14.5 Å². The standard InChI is InChI=1S/C18H12N2O2S/c1-3-9-19-12-13(14-7-5-6-8-15(14)19)11-16-17(21)20(10-4-2)18(22)23-16/h1-2,5-8,11-12H,9-10H2/b16-11+. The van der Waals surface area contributed by atoms with Crippen molar-refractivity contribution in [1.82, 2.24) is 9.47 Å². The third kappa shape index (κ3) is 2.63. The highest BCUT2D eigenvalue weighted by atomic mass is 32.2. The largest absolute Gasteiger partial charge is 0.335 e. The van der Waals surface area contributed by atoms with Crippen LogP contribution in [0.5, 0.6) is 0 Å². The zero-order chi connectivity index (χ0) is 16.4. The smallest absolute Gasteiger partial charge is 0.294 e. The maximum absolute atomic E-state index is 12.3. The molecule has 0 aliphatic carbocycles. The maximum Gasteiger partial charge on any atom is 0.294 e. The molecule has 4 nitrogen and oxygen atoms in total. The second-order valence-electron chi connectivity index (χ2n) is 4.91. The number of hydrogen-bond donors (Lipinski definition) is 0. The first-order chi connectivity index (χ1) is 11.2. The minimum Gasteiger partial charge on any atom is -0.335 e. The monoisotopic (exact) mass is 320 g/mol. The number of thioether (sulfide) groups is 1. The van der Waals surface area contributed by atoms with E-state index in [4.69, 9.17) is 12.8 Å². The third-order valence-corrected chi connectivity index (χ3v) is 4.40. The summed E-state index contributed by atoms with van der Waals surface area (Å²) in [5, 5.41) is 0.637. The Bertz CT molecular complexity index is 925. The molecule has 1 aromatic carbocycles. The third-order valence-electron chi connectivity index (χ3n) is 3.49. The van der Waals surface area contributed by atoms with Crippen LogP contribution in [0.4, 0.5) is 4.79 Å². The minimum atomic E-state index is -0.355. The van der Waals surface area contributed by atoms with Gasteiger partial charge in [-0.05, 0) is 23.9 Å². The highest BCUT2D eigenvalue weighted by Crippen LogP contribution is 2.33. The SMILES string of the molecule is C#CCN1C(=O)S/C(=C/c2cn(CC#C)c3ccccc23)C1=O. The number of carbonyl (C=O) groups excluding carboxylic acids is 2. The molecule has 0 spiro atoms. The molecular formula is C18H12N2O2S. The van der Waals surface area contributed by atoms with Crippen LogP contribution in [0, 0.1) is 24.7 Å². The Hall–Kier alpha value is -2.89. The summed E-state index contributed by atoms with van der Waals surface area (Å²) in [7, 11) is 0. The summed E-state index contributed by atoms with van der Waals surface area (Å²) in [6.45, 7) is 0.424. The second-order valence-corrected chi connectivity index (χ2v) is 5.90. The fourth-order valence-corrected chi connectivity index (χ4v) is 3.32. The van der Waals surface area contributed by atoms with E-state index in [9.17, 15) is 9.59 Å². The van der Waals surface area contributed by atoms with Crippen LogP contribution in [0.25, 0.3) is 17.0 Å². The molecule has 2 aromatic rings. The lowest BCUT2D eigenvalue weighted by Gasteiger charge is -2.06. The quantitative estimate of drug-likeness (QED) is 0.645. The molecule has 1 fully saturated rings. The number of hydrogen-bond acceptors (Lipinski definition) is 3. The van der Waals surface area contributed by atoms with Crippen molar-refractivity contribution in [1.29, 1.82) is 0 Å². The molecule has 2 amide bonds. The molecule has 0 unspecified atom stereocenters. The molecule has 23 heavy (non-hydrogen) atoms. The Labute approximate surface area is 138 Å². The number of aromatic nitrogens is 1. The lowest BCUT2D eigenvalue weighted by Crippen LogP contribution is -2.28. The summed E-state index contributed by atoms with van der Waals surface area (Å²) < 4.78 is 1.94. The molecule has 0 radical (unpaired) electrons. The lowest BCUT2D eigenvalue weighted by molar-refractivity contribution is -0.122. The number of amides is 2. The Morgan fingerprint density at radius 2 is 1.87 bits per heavy atom. The van der Waals surface area contributed by atoms with E-state index in [0.717, 1.165) is 33.1 Å². The molecule has 2 heterocycles. The molecule has 0 saturated carbocycles. The molecule has 5 heteroatoms. The Morgan fingerprint density at radius 3 is 2.61 bits per heavy atom. The minimum absolute atomic E-state index is 0.0130. The average molecular weight is 320 g/mol. The summed E-state index contributed by atoms with van der Waals surface area (Å²) >= 11 is 0.901. The van der Waals surface area contributed by atoms with Crippen molar-refractivity contribution in [3.63, 3.8) is 0 Å². The van der Waals surface area contributed by atoms with Crippen LogP contribution in [0.1, 0.15) is 5.56 Å². The molecule has 0 N–H and O–H groups in total. The highest BCUT2D eigenvalue weighted by Gasteiger charge is 2.34. The van der Waals surface area contributed by atoms with E-state index in [2.05, 4.69) is 11.8 Å². The van der Waals surface area contributed by atoms with Crippen molar-refractivity contribution in [3.05, 3.63) is 40.9 Å². The summed E-state index contributed by atoms with van der Waals surface area (Å²) in [4.78, 5) is 25.5. The number of benzene rings is 1.